The third kappa shape index (κ3) is 4.19. The van der Waals surface area contributed by atoms with Crippen molar-refractivity contribution in [3.05, 3.63) is 47.5 Å². The molecule has 1 aliphatic carbocycles. The number of hydrogen-bond acceptors (Lipinski definition) is 4. The molecule has 1 N–H and O–H groups in total. The molecule has 0 bridgehead atoms. The average Bonchev–Trinajstić information content (AvgIpc) is 2.49. The lowest BCUT2D eigenvalue weighted by atomic mass is 9.72. The first kappa shape index (κ1) is 19.0. The molecule has 8 heteroatoms. The molecule has 0 aliphatic heterocycles. The van der Waals surface area contributed by atoms with E-state index in [2.05, 4.69) is 6.58 Å². The van der Waals surface area contributed by atoms with Crippen molar-refractivity contribution in [2.45, 2.75) is 37.1 Å². The molecule has 2 rings (SSSR count). The van der Waals surface area contributed by atoms with Crippen molar-refractivity contribution in [2.24, 2.45) is 0 Å². The summed E-state index contributed by atoms with van der Waals surface area (Å²) in [6.45, 7) is 3.26. The summed E-state index contributed by atoms with van der Waals surface area (Å²) in [6.07, 6.45) is -4.61. The predicted octanol–water partition coefficient (Wildman–Crippen LogP) is 3.28. The molecule has 1 aliphatic rings. The molecule has 0 amide bonds. The lowest BCUT2D eigenvalue weighted by Gasteiger charge is -2.46. The van der Waals surface area contributed by atoms with Crippen LogP contribution in [0.3, 0.4) is 0 Å². The van der Waals surface area contributed by atoms with Crippen LogP contribution in [0.15, 0.2) is 36.4 Å². The number of rotatable bonds is 6. The molecule has 0 heterocycles. The maximum atomic E-state index is 12.7. The van der Waals surface area contributed by atoms with Crippen LogP contribution in [0.5, 0.6) is 0 Å². The van der Waals surface area contributed by atoms with E-state index in [9.17, 15) is 22.8 Å². The van der Waals surface area contributed by atoms with Crippen LogP contribution in [-0.4, -0.2) is 30.3 Å². The normalized spacial score (nSPS) is 22.8. The van der Waals surface area contributed by atoms with Gasteiger partial charge >= 0.3 is 18.1 Å². The van der Waals surface area contributed by atoms with Crippen LogP contribution in [0, 0.1) is 0 Å². The number of carbonyl (C=O) groups is 2. The van der Waals surface area contributed by atoms with Gasteiger partial charge in [-0.25, -0.2) is 4.79 Å². The Hall–Kier alpha value is -2.35. The van der Waals surface area contributed by atoms with Crippen LogP contribution in [-0.2, 0) is 30.8 Å². The van der Waals surface area contributed by atoms with Crippen LogP contribution in [0.2, 0.25) is 0 Å². The third-order valence-electron chi connectivity index (χ3n) is 4.16. The molecule has 0 atom stereocenters. The van der Waals surface area contributed by atoms with Crippen LogP contribution in [0.25, 0.3) is 0 Å². The number of methoxy groups -OCH3 is 1. The van der Waals surface area contributed by atoms with E-state index >= 15 is 0 Å². The quantitative estimate of drug-likeness (QED) is 0.624. The first-order valence-corrected chi connectivity index (χ1v) is 7.41. The van der Waals surface area contributed by atoms with E-state index < -0.39 is 35.7 Å². The molecule has 0 saturated heterocycles. The molecule has 1 aromatic rings. The number of hydrogen-bond donors (Lipinski definition) is 1. The number of esters is 1. The fourth-order valence-corrected chi connectivity index (χ4v) is 2.69. The molecular weight excluding hydrogens is 341 g/mol. The number of halogens is 3. The molecule has 1 fully saturated rings. The van der Waals surface area contributed by atoms with Gasteiger partial charge in [0.1, 0.15) is 5.60 Å². The first-order chi connectivity index (χ1) is 11.6. The second-order valence-corrected chi connectivity index (χ2v) is 5.89. The molecule has 0 unspecified atom stereocenters. The monoisotopic (exact) mass is 358 g/mol. The molecule has 0 radical (unpaired) electrons. The van der Waals surface area contributed by atoms with Crippen molar-refractivity contribution >= 4 is 11.9 Å². The maximum absolute atomic E-state index is 12.7. The van der Waals surface area contributed by atoms with Gasteiger partial charge in [-0.15, -0.1) is 0 Å². The van der Waals surface area contributed by atoms with E-state index in [1.807, 2.05) is 0 Å². The number of ether oxygens (including phenoxy) is 2. The minimum Gasteiger partial charge on any atom is -0.478 e. The zero-order valence-corrected chi connectivity index (χ0v) is 13.4. The molecule has 5 nitrogen and oxygen atoms in total. The Morgan fingerprint density at radius 3 is 2.28 bits per heavy atom. The minimum absolute atomic E-state index is 0.197. The first-order valence-electron chi connectivity index (χ1n) is 7.41. The summed E-state index contributed by atoms with van der Waals surface area (Å²) in [5.74, 6) is -2.12. The number of carboxylic acids is 1. The Bertz CT molecular complexity index is 673. The van der Waals surface area contributed by atoms with E-state index in [1.54, 1.807) is 0 Å². The van der Waals surface area contributed by atoms with Crippen molar-refractivity contribution in [1.82, 2.24) is 0 Å². The SMILES string of the molecule is C=C(CC(=O)O[C@]1(c2ccc(C(F)(F)F)cc2)C[C@H](OC)C1)C(=O)O. The Morgan fingerprint density at radius 2 is 1.84 bits per heavy atom. The molecule has 25 heavy (non-hydrogen) atoms. The largest absolute Gasteiger partial charge is 0.478 e. The zero-order chi connectivity index (χ0) is 18.8. The van der Waals surface area contributed by atoms with Crippen molar-refractivity contribution < 1.29 is 37.3 Å². The standard InChI is InChI=1S/C17H17F3O5/c1-10(15(22)23)7-14(21)25-16(8-13(9-16)24-2)11-3-5-12(6-4-11)17(18,19)20/h3-6,13H,1,7-9H2,2H3,(H,22,23)/t13-,16+. The van der Waals surface area contributed by atoms with Gasteiger partial charge in [-0.1, -0.05) is 18.7 Å². The second-order valence-electron chi connectivity index (χ2n) is 5.89. The highest BCUT2D eigenvalue weighted by Crippen LogP contribution is 2.47. The molecular formula is C17H17F3O5. The topological polar surface area (TPSA) is 72.8 Å². The van der Waals surface area contributed by atoms with Crippen LogP contribution in [0.4, 0.5) is 13.2 Å². The van der Waals surface area contributed by atoms with Gasteiger partial charge in [-0.2, -0.15) is 13.2 Å². The van der Waals surface area contributed by atoms with Gasteiger partial charge in [0, 0.05) is 25.5 Å². The highest BCUT2D eigenvalue weighted by molar-refractivity contribution is 5.91. The van der Waals surface area contributed by atoms with E-state index in [4.69, 9.17) is 14.6 Å². The second kappa shape index (κ2) is 6.87. The fraction of sp³-hybridized carbons (Fsp3) is 0.412. The summed E-state index contributed by atoms with van der Waals surface area (Å²) in [4.78, 5) is 22.7. The number of alkyl halides is 3. The summed E-state index contributed by atoms with van der Waals surface area (Å²) in [5, 5.41) is 8.77. The van der Waals surface area contributed by atoms with Gasteiger partial charge in [0.2, 0.25) is 0 Å². The Kier molecular flexibility index (Phi) is 5.22. The molecule has 0 aromatic heterocycles. The summed E-state index contributed by atoms with van der Waals surface area (Å²) in [6, 6.07) is 4.35. The lowest BCUT2D eigenvalue weighted by Crippen LogP contribution is -2.48. The lowest BCUT2D eigenvalue weighted by molar-refractivity contribution is -0.190. The van der Waals surface area contributed by atoms with Crippen LogP contribution < -0.4 is 0 Å². The van der Waals surface area contributed by atoms with Gasteiger partial charge in [-0.05, 0) is 17.7 Å². The van der Waals surface area contributed by atoms with Gasteiger partial charge in [-0.3, -0.25) is 4.79 Å². The summed E-state index contributed by atoms with van der Waals surface area (Å²) in [7, 11) is 1.48. The zero-order valence-electron chi connectivity index (χ0n) is 13.4. The van der Waals surface area contributed by atoms with Crippen LogP contribution in [0.1, 0.15) is 30.4 Å². The Morgan fingerprint density at radius 1 is 1.28 bits per heavy atom. The molecule has 1 saturated carbocycles. The highest BCUT2D eigenvalue weighted by atomic mass is 19.4. The van der Waals surface area contributed by atoms with E-state index in [-0.39, 0.29) is 24.5 Å². The summed E-state index contributed by atoms with van der Waals surface area (Å²) >= 11 is 0. The highest BCUT2D eigenvalue weighted by Gasteiger charge is 2.49. The van der Waals surface area contributed by atoms with Gasteiger partial charge in [0.05, 0.1) is 18.1 Å². The number of benzene rings is 1. The predicted molar refractivity (Wildman–Crippen MR) is 80.6 cm³/mol. The Labute approximate surface area is 142 Å². The van der Waals surface area contributed by atoms with Gasteiger partial charge in [0.25, 0.3) is 0 Å². The molecule has 136 valence electrons. The van der Waals surface area contributed by atoms with Gasteiger partial charge < -0.3 is 14.6 Å². The van der Waals surface area contributed by atoms with Gasteiger partial charge in [0.15, 0.2) is 0 Å². The van der Waals surface area contributed by atoms with E-state index in [0.717, 1.165) is 12.1 Å². The summed E-state index contributed by atoms with van der Waals surface area (Å²) < 4.78 is 48.6. The van der Waals surface area contributed by atoms with Crippen LogP contribution >= 0.6 is 0 Å². The maximum Gasteiger partial charge on any atom is 0.416 e. The van der Waals surface area contributed by atoms with Crippen molar-refractivity contribution in [1.29, 1.82) is 0 Å². The number of aliphatic carboxylic acids is 1. The Balaban J connectivity index is 2.19. The van der Waals surface area contributed by atoms with E-state index in [1.165, 1.54) is 19.2 Å². The van der Waals surface area contributed by atoms with Crippen molar-refractivity contribution in [3.8, 4) is 0 Å². The molecule has 1 aromatic carbocycles. The average molecular weight is 358 g/mol. The van der Waals surface area contributed by atoms with E-state index in [0.29, 0.717) is 5.56 Å². The third-order valence-corrected chi connectivity index (χ3v) is 4.16. The molecule has 0 spiro atoms. The smallest absolute Gasteiger partial charge is 0.416 e. The summed E-state index contributed by atoms with van der Waals surface area (Å²) in [5.41, 5.74) is -1.85. The van der Waals surface area contributed by atoms with Crippen molar-refractivity contribution in [2.75, 3.05) is 7.11 Å². The number of carboxylic acid groups (broad SMARTS) is 1. The minimum atomic E-state index is -4.46. The fourth-order valence-electron chi connectivity index (χ4n) is 2.69. The number of carbonyl (C=O) groups excluding carboxylic acids is 1. The van der Waals surface area contributed by atoms with Crippen molar-refractivity contribution in [3.63, 3.8) is 0 Å².